The highest BCUT2D eigenvalue weighted by molar-refractivity contribution is 6.31. The van der Waals surface area contributed by atoms with Crippen LogP contribution in [0.3, 0.4) is 0 Å². The highest BCUT2D eigenvalue weighted by Crippen LogP contribution is 2.44. The van der Waals surface area contributed by atoms with Crippen molar-refractivity contribution in [3.63, 3.8) is 0 Å². The molecule has 2 aliphatic rings. The van der Waals surface area contributed by atoms with Gasteiger partial charge in [-0.2, -0.15) is 0 Å². The zero-order valence-electron chi connectivity index (χ0n) is 12.5. The molecular formula is C16H25Cl3N2. The first-order chi connectivity index (χ1) is 9.27. The number of benzene rings is 1. The summed E-state index contributed by atoms with van der Waals surface area (Å²) in [5.74, 6) is 0.802. The molecule has 0 radical (unpaired) electrons. The number of hydrogen-bond donors (Lipinski definition) is 1. The number of nitrogens with zero attached hydrogens (tertiary/aromatic N) is 1. The lowest BCUT2D eigenvalue weighted by molar-refractivity contribution is 0.0833. The van der Waals surface area contributed by atoms with Crippen LogP contribution < -0.4 is 5.32 Å². The molecular weight excluding hydrogens is 327 g/mol. The van der Waals surface area contributed by atoms with Gasteiger partial charge in [-0.1, -0.05) is 30.2 Å². The van der Waals surface area contributed by atoms with Gasteiger partial charge in [-0.25, -0.2) is 0 Å². The van der Waals surface area contributed by atoms with E-state index < -0.39 is 0 Å². The van der Waals surface area contributed by atoms with E-state index in [0.717, 1.165) is 37.1 Å². The van der Waals surface area contributed by atoms with Crippen molar-refractivity contribution in [2.45, 2.75) is 32.2 Å². The zero-order chi connectivity index (χ0) is 13.2. The third-order valence-corrected chi connectivity index (χ3v) is 5.04. The smallest absolute Gasteiger partial charge is 0.0456 e. The lowest BCUT2D eigenvalue weighted by atomic mass is 9.75. The molecule has 21 heavy (non-hydrogen) atoms. The van der Waals surface area contributed by atoms with Gasteiger partial charge in [-0.15, -0.1) is 24.8 Å². The summed E-state index contributed by atoms with van der Waals surface area (Å²) >= 11 is 6.53. The van der Waals surface area contributed by atoms with Crippen LogP contribution >= 0.6 is 36.4 Å². The molecule has 1 aliphatic carbocycles. The topological polar surface area (TPSA) is 15.3 Å². The van der Waals surface area contributed by atoms with E-state index >= 15 is 0 Å². The van der Waals surface area contributed by atoms with Crippen molar-refractivity contribution in [1.82, 2.24) is 10.2 Å². The van der Waals surface area contributed by atoms with E-state index in [2.05, 4.69) is 35.3 Å². The first-order valence-electron chi connectivity index (χ1n) is 7.47. The molecule has 3 rings (SSSR count). The minimum atomic E-state index is 0. The Morgan fingerprint density at radius 2 is 1.86 bits per heavy atom. The molecule has 5 heteroatoms. The molecule has 0 amide bonds. The predicted octanol–water partition coefficient (Wildman–Crippen LogP) is 4.24. The average molecular weight is 352 g/mol. The Labute approximate surface area is 145 Å². The molecule has 1 aromatic carbocycles. The summed E-state index contributed by atoms with van der Waals surface area (Å²) in [4.78, 5) is 2.65. The van der Waals surface area contributed by atoms with E-state index in [4.69, 9.17) is 11.6 Å². The van der Waals surface area contributed by atoms with Crippen molar-refractivity contribution < 1.29 is 0 Å². The second-order valence-corrected chi connectivity index (χ2v) is 6.30. The van der Waals surface area contributed by atoms with Gasteiger partial charge < -0.3 is 5.32 Å². The van der Waals surface area contributed by atoms with E-state index in [1.165, 1.54) is 30.4 Å². The summed E-state index contributed by atoms with van der Waals surface area (Å²) in [6.45, 7) is 6.70. The van der Waals surface area contributed by atoms with Crippen LogP contribution in [-0.4, -0.2) is 31.1 Å². The third kappa shape index (κ3) is 4.05. The maximum Gasteiger partial charge on any atom is 0.0456 e. The normalized spacial score (nSPS) is 20.9. The van der Waals surface area contributed by atoms with Crippen molar-refractivity contribution >= 4 is 36.4 Å². The van der Waals surface area contributed by atoms with Crippen molar-refractivity contribution in [2.24, 2.45) is 5.92 Å². The molecule has 2 nitrogen and oxygen atoms in total. The summed E-state index contributed by atoms with van der Waals surface area (Å²) in [6.07, 6.45) is 4.11. The van der Waals surface area contributed by atoms with Crippen LogP contribution in [0.2, 0.25) is 5.02 Å². The minimum absolute atomic E-state index is 0. The Morgan fingerprint density at radius 3 is 2.38 bits per heavy atom. The molecule has 1 heterocycles. The zero-order valence-corrected chi connectivity index (χ0v) is 14.9. The van der Waals surface area contributed by atoms with Crippen molar-refractivity contribution in [2.75, 3.05) is 26.2 Å². The van der Waals surface area contributed by atoms with Crippen molar-refractivity contribution in [3.8, 4) is 0 Å². The summed E-state index contributed by atoms with van der Waals surface area (Å²) in [6, 6.07) is 6.85. The quantitative estimate of drug-likeness (QED) is 0.876. The highest BCUT2D eigenvalue weighted by atomic mass is 35.5. The van der Waals surface area contributed by atoms with Gasteiger partial charge in [0.2, 0.25) is 0 Å². The molecule has 1 saturated heterocycles. The van der Waals surface area contributed by atoms with Gasteiger partial charge in [-0.3, -0.25) is 4.90 Å². The number of nitrogens with one attached hydrogen (secondary N) is 1. The van der Waals surface area contributed by atoms with Gasteiger partial charge in [0.15, 0.2) is 0 Å². The molecule has 0 unspecified atom stereocenters. The molecule has 0 spiro atoms. The fraction of sp³-hybridized carbons (Fsp3) is 0.625. The third-order valence-electron chi connectivity index (χ3n) is 4.71. The Morgan fingerprint density at radius 1 is 1.19 bits per heavy atom. The largest absolute Gasteiger partial charge is 0.314 e. The van der Waals surface area contributed by atoms with Crippen LogP contribution in [0.5, 0.6) is 0 Å². The Kier molecular flexibility index (Phi) is 7.80. The van der Waals surface area contributed by atoms with E-state index in [9.17, 15) is 0 Å². The van der Waals surface area contributed by atoms with Gasteiger partial charge >= 0.3 is 0 Å². The Hall–Kier alpha value is 0.01000. The molecule has 1 aromatic rings. The average Bonchev–Trinajstić information content (AvgIpc) is 2.36. The van der Waals surface area contributed by atoms with E-state index in [1.807, 2.05) is 0 Å². The number of halogens is 3. The van der Waals surface area contributed by atoms with Crippen LogP contribution in [0.15, 0.2) is 18.2 Å². The minimum Gasteiger partial charge on any atom is -0.314 e. The van der Waals surface area contributed by atoms with Crippen molar-refractivity contribution in [3.05, 3.63) is 34.3 Å². The summed E-state index contributed by atoms with van der Waals surface area (Å²) in [5.41, 5.74) is 2.73. The number of rotatable bonds is 3. The maximum absolute atomic E-state index is 6.53. The van der Waals surface area contributed by atoms with Gasteiger partial charge in [0, 0.05) is 37.2 Å². The predicted molar refractivity (Wildman–Crippen MR) is 95.2 cm³/mol. The van der Waals surface area contributed by atoms with Crippen LogP contribution in [-0.2, 0) is 0 Å². The monoisotopic (exact) mass is 350 g/mol. The molecule has 1 atom stereocenters. The molecule has 1 aliphatic heterocycles. The molecule has 0 bridgehead atoms. The van der Waals surface area contributed by atoms with E-state index in [-0.39, 0.29) is 24.8 Å². The SMILES string of the molecule is Cc1cccc(Cl)c1[C@@H](C1CCC1)N1CCNCC1.Cl.Cl. The van der Waals surface area contributed by atoms with Crippen LogP contribution in [0, 0.1) is 12.8 Å². The summed E-state index contributed by atoms with van der Waals surface area (Å²) < 4.78 is 0. The Bertz CT molecular complexity index is 423. The van der Waals surface area contributed by atoms with Gasteiger partial charge in [0.1, 0.15) is 0 Å². The number of hydrogen-bond acceptors (Lipinski definition) is 2. The lowest BCUT2D eigenvalue weighted by Crippen LogP contribution is -2.48. The number of aryl methyl sites for hydroxylation is 1. The number of piperazine rings is 1. The van der Waals surface area contributed by atoms with Gasteiger partial charge in [-0.05, 0) is 42.9 Å². The second kappa shape index (κ2) is 8.59. The van der Waals surface area contributed by atoms with E-state index in [1.54, 1.807) is 0 Å². The van der Waals surface area contributed by atoms with Crippen LogP contribution in [0.4, 0.5) is 0 Å². The van der Waals surface area contributed by atoms with Crippen LogP contribution in [0.25, 0.3) is 0 Å². The summed E-state index contributed by atoms with van der Waals surface area (Å²) in [5, 5.41) is 4.40. The highest BCUT2D eigenvalue weighted by Gasteiger charge is 2.35. The fourth-order valence-corrected chi connectivity index (χ4v) is 3.79. The second-order valence-electron chi connectivity index (χ2n) is 5.89. The van der Waals surface area contributed by atoms with Gasteiger partial charge in [0.25, 0.3) is 0 Å². The van der Waals surface area contributed by atoms with Crippen LogP contribution in [0.1, 0.15) is 36.4 Å². The fourth-order valence-electron chi connectivity index (χ4n) is 3.45. The molecule has 1 N–H and O–H groups in total. The Balaban J connectivity index is 0.00000110. The van der Waals surface area contributed by atoms with Crippen molar-refractivity contribution in [1.29, 1.82) is 0 Å². The molecule has 1 saturated carbocycles. The maximum atomic E-state index is 6.53. The molecule has 2 fully saturated rings. The summed E-state index contributed by atoms with van der Waals surface area (Å²) in [7, 11) is 0. The van der Waals surface area contributed by atoms with Gasteiger partial charge in [0.05, 0.1) is 0 Å². The molecule has 120 valence electrons. The molecule has 0 aromatic heterocycles. The standard InChI is InChI=1S/C16H23ClN2.2ClH/c1-12-4-2-7-14(17)15(12)16(13-5-3-6-13)19-10-8-18-9-11-19;;/h2,4,7,13,16,18H,3,5-6,8-11H2,1H3;2*1H/t16-;;/m1../s1. The van der Waals surface area contributed by atoms with E-state index in [0.29, 0.717) is 6.04 Å². The lowest BCUT2D eigenvalue weighted by Gasteiger charge is -2.44. The first-order valence-corrected chi connectivity index (χ1v) is 7.85. The first kappa shape index (κ1) is 19.1.